The number of hydrogen-bond acceptors (Lipinski definition) is 4. The van der Waals surface area contributed by atoms with Crippen LogP contribution in [0.3, 0.4) is 0 Å². The van der Waals surface area contributed by atoms with Crippen molar-refractivity contribution in [2.45, 2.75) is 90.0 Å². The van der Waals surface area contributed by atoms with Gasteiger partial charge in [0.25, 0.3) is 0 Å². The Hall–Kier alpha value is -2.40. The van der Waals surface area contributed by atoms with Crippen molar-refractivity contribution in [3.8, 4) is 0 Å². The first-order valence-corrected chi connectivity index (χ1v) is 13.6. The van der Waals surface area contributed by atoms with Gasteiger partial charge in [0, 0.05) is 13.1 Å². The molecular formula is C30H44N2O3. The molecule has 2 aromatic rings. The van der Waals surface area contributed by atoms with Crippen molar-refractivity contribution >= 4 is 22.6 Å². The summed E-state index contributed by atoms with van der Waals surface area (Å²) in [7, 11) is 1.46. The van der Waals surface area contributed by atoms with E-state index in [1.54, 1.807) is 0 Å². The molecule has 0 aliphatic carbocycles. The van der Waals surface area contributed by atoms with E-state index in [-0.39, 0.29) is 11.9 Å². The van der Waals surface area contributed by atoms with Crippen LogP contribution in [0.5, 0.6) is 0 Å². The monoisotopic (exact) mass is 480 g/mol. The molecule has 192 valence electrons. The lowest BCUT2D eigenvalue weighted by Crippen LogP contribution is -2.52. The van der Waals surface area contributed by atoms with Crippen LogP contribution in [0.25, 0.3) is 10.8 Å². The Morgan fingerprint density at radius 3 is 2.26 bits per heavy atom. The fraction of sp³-hybridized carbons (Fsp3) is 0.600. The smallest absolute Gasteiger partial charge is 0.312 e. The molecular weight excluding hydrogens is 436 g/mol. The molecule has 0 radical (unpaired) electrons. The molecule has 1 atom stereocenters. The van der Waals surface area contributed by atoms with Crippen molar-refractivity contribution < 1.29 is 14.3 Å². The lowest BCUT2D eigenvalue weighted by atomic mass is 9.73. The molecule has 0 unspecified atom stereocenters. The minimum Gasteiger partial charge on any atom is -0.469 e. The molecule has 35 heavy (non-hydrogen) atoms. The molecule has 2 N–H and O–H groups in total. The van der Waals surface area contributed by atoms with Gasteiger partial charge < -0.3 is 15.4 Å². The van der Waals surface area contributed by atoms with Gasteiger partial charge in [-0.05, 0) is 42.0 Å². The molecule has 1 heterocycles. The lowest BCUT2D eigenvalue weighted by molar-refractivity contribution is -0.158. The van der Waals surface area contributed by atoms with Crippen LogP contribution < -0.4 is 5.73 Å². The number of methoxy groups -OCH3 is 1. The van der Waals surface area contributed by atoms with Gasteiger partial charge in [0.05, 0.1) is 18.6 Å². The number of ether oxygens (including phenoxy) is 1. The average Bonchev–Trinajstić information content (AvgIpc) is 2.89. The molecule has 5 heteroatoms. The Labute approximate surface area is 211 Å². The second-order valence-corrected chi connectivity index (χ2v) is 10.3. The molecule has 1 fully saturated rings. The molecule has 0 aromatic heterocycles. The second-order valence-electron chi connectivity index (χ2n) is 10.3. The Kier molecular flexibility index (Phi) is 10.6. The van der Waals surface area contributed by atoms with Crippen LogP contribution in [0, 0.1) is 5.41 Å². The number of amides is 1. The van der Waals surface area contributed by atoms with Gasteiger partial charge in [-0.15, -0.1) is 0 Å². The maximum atomic E-state index is 13.0. The number of carbonyl (C=O) groups is 2. The normalized spacial score (nSPS) is 16.3. The Balaban J connectivity index is 1.53. The number of nitrogens with two attached hydrogens (primary N) is 1. The molecule has 0 saturated carbocycles. The summed E-state index contributed by atoms with van der Waals surface area (Å²) in [5.41, 5.74) is 6.82. The number of unbranched alkanes of at least 4 members (excludes halogenated alkanes) is 7. The summed E-state index contributed by atoms with van der Waals surface area (Å²) in [6.45, 7) is 3.33. The van der Waals surface area contributed by atoms with Crippen LogP contribution in [0.15, 0.2) is 42.5 Å². The molecule has 0 bridgehead atoms. The maximum absolute atomic E-state index is 13.0. The minimum atomic E-state index is -0.614. The molecule has 5 nitrogen and oxygen atoms in total. The van der Waals surface area contributed by atoms with Gasteiger partial charge in [-0.1, -0.05) is 101 Å². The molecule has 1 aliphatic heterocycles. The highest BCUT2D eigenvalue weighted by molar-refractivity contribution is 5.87. The predicted molar refractivity (Wildman–Crippen MR) is 143 cm³/mol. The number of nitrogens with zero attached hydrogens (tertiary/aromatic N) is 1. The highest BCUT2D eigenvalue weighted by Crippen LogP contribution is 2.38. The number of rotatable bonds is 13. The van der Waals surface area contributed by atoms with Crippen molar-refractivity contribution in [3.63, 3.8) is 0 Å². The summed E-state index contributed by atoms with van der Waals surface area (Å²) in [5, 5.41) is 2.34. The Morgan fingerprint density at radius 2 is 1.57 bits per heavy atom. The van der Waals surface area contributed by atoms with Crippen LogP contribution in [0.2, 0.25) is 0 Å². The number of hydrogen-bond donors (Lipinski definition) is 1. The Morgan fingerprint density at radius 1 is 0.943 bits per heavy atom. The van der Waals surface area contributed by atoms with Gasteiger partial charge in [0.15, 0.2) is 0 Å². The van der Waals surface area contributed by atoms with E-state index in [0.29, 0.717) is 32.4 Å². The van der Waals surface area contributed by atoms with Crippen LogP contribution in [0.4, 0.5) is 0 Å². The van der Waals surface area contributed by atoms with Crippen molar-refractivity contribution in [1.29, 1.82) is 0 Å². The van der Waals surface area contributed by atoms with Crippen LogP contribution in [-0.2, 0) is 20.7 Å². The van der Waals surface area contributed by atoms with Crippen molar-refractivity contribution in [2.75, 3.05) is 20.2 Å². The SMILES string of the molecule is CCCCCCCCCC[C@H](N)C(=O)N1CCC(Cc2cccc3ccccc23)(C(=O)OC)CC1. The second kappa shape index (κ2) is 13.6. The first-order valence-electron chi connectivity index (χ1n) is 13.6. The first kappa shape index (κ1) is 27.2. The highest BCUT2D eigenvalue weighted by atomic mass is 16.5. The minimum absolute atomic E-state index is 0.0246. The topological polar surface area (TPSA) is 72.6 Å². The number of fused-ring (bicyclic) bond motifs is 1. The zero-order chi connectivity index (χ0) is 25.1. The molecule has 1 aliphatic rings. The fourth-order valence-electron chi connectivity index (χ4n) is 5.49. The van der Waals surface area contributed by atoms with E-state index >= 15 is 0 Å². The van der Waals surface area contributed by atoms with E-state index in [1.807, 2.05) is 23.1 Å². The van der Waals surface area contributed by atoms with E-state index in [0.717, 1.165) is 24.8 Å². The third-order valence-corrected chi connectivity index (χ3v) is 7.75. The quantitative estimate of drug-likeness (QED) is 0.281. The standard InChI is InChI=1S/C30H44N2O3/c1-3-4-5-6-7-8-9-10-18-27(31)28(33)32-21-19-30(20-22-32,29(34)35-2)23-25-16-13-15-24-14-11-12-17-26(24)25/h11-17,27H,3-10,18-23,31H2,1-2H3/t27-/m0/s1. The largest absolute Gasteiger partial charge is 0.469 e. The van der Waals surface area contributed by atoms with Crippen LogP contribution >= 0.6 is 0 Å². The lowest BCUT2D eigenvalue weighted by Gasteiger charge is -2.40. The van der Waals surface area contributed by atoms with Crippen LogP contribution in [-0.4, -0.2) is 43.0 Å². The molecule has 0 spiro atoms. The summed E-state index contributed by atoms with van der Waals surface area (Å²) in [6.07, 6.45) is 12.4. The third-order valence-electron chi connectivity index (χ3n) is 7.75. The summed E-state index contributed by atoms with van der Waals surface area (Å²) in [4.78, 5) is 27.8. The molecule has 1 amide bonds. The summed E-state index contributed by atoms with van der Waals surface area (Å²) >= 11 is 0. The summed E-state index contributed by atoms with van der Waals surface area (Å²) < 4.78 is 5.26. The number of esters is 1. The third kappa shape index (κ3) is 7.30. The van der Waals surface area contributed by atoms with E-state index < -0.39 is 11.5 Å². The van der Waals surface area contributed by atoms with Gasteiger partial charge in [-0.25, -0.2) is 0 Å². The van der Waals surface area contributed by atoms with E-state index in [1.165, 1.54) is 56.4 Å². The zero-order valence-electron chi connectivity index (χ0n) is 21.8. The molecule has 2 aromatic carbocycles. The summed E-state index contributed by atoms with van der Waals surface area (Å²) in [6, 6.07) is 14.1. The number of carbonyl (C=O) groups excluding carboxylic acids is 2. The maximum Gasteiger partial charge on any atom is 0.312 e. The van der Waals surface area contributed by atoms with Crippen molar-refractivity contribution in [2.24, 2.45) is 11.1 Å². The van der Waals surface area contributed by atoms with Crippen molar-refractivity contribution in [1.82, 2.24) is 4.90 Å². The predicted octanol–water partition coefficient (Wildman–Crippen LogP) is 6.02. The highest BCUT2D eigenvalue weighted by Gasteiger charge is 2.44. The first-order chi connectivity index (χ1) is 17.0. The number of benzene rings is 2. The number of piperidine rings is 1. The fourth-order valence-corrected chi connectivity index (χ4v) is 5.49. The molecule has 1 saturated heterocycles. The molecule has 3 rings (SSSR count). The average molecular weight is 481 g/mol. The van der Waals surface area contributed by atoms with E-state index in [9.17, 15) is 9.59 Å². The summed E-state index contributed by atoms with van der Waals surface area (Å²) in [5.74, 6) is -0.155. The zero-order valence-corrected chi connectivity index (χ0v) is 21.8. The van der Waals surface area contributed by atoms with Gasteiger partial charge >= 0.3 is 5.97 Å². The number of likely N-dealkylation sites (tertiary alicyclic amines) is 1. The van der Waals surface area contributed by atoms with Gasteiger partial charge in [0.2, 0.25) is 5.91 Å². The van der Waals surface area contributed by atoms with Crippen molar-refractivity contribution in [3.05, 3.63) is 48.0 Å². The van der Waals surface area contributed by atoms with E-state index in [2.05, 4.69) is 31.2 Å². The van der Waals surface area contributed by atoms with Crippen LogP contribution in [0.1, 0.15) is 83.1 Å². The Bertz CT molecular complexity index is 944. The van der Waals surface area contributed by atoms with E-state index in [4.69, 9.17) is 10.5 Å². The van der Waals surface area contributed by atoms with Gasteiger partial charge in [-0.3, -0.25) is 9.59 Å². The van der Waals surface area contributed by atoms with Gasteiger partial charge in [0.1, 0.15) is 0 Å². The van der Waals surface area contributed by atoms with Gasteiger partial charge in [-0.2, -0.15) is 0 Å².